The minimum Gasteiger partial charge on any atom is -0.475 e. The van der Waals surface area contributed by atoms with Gasteiger partial charge < -0.3 is 25.4 Å². The number of nitrogens with one attached hydrogen (secondary N) is 2. The number of carboxylic acids is 1. The smallest absolute Gasteiger partial charge is 0.475 e. The minimum absolute atomic E-state index is 0.0351. The number of halogens is 6. The summed E-state index contributed by atoms with van der Waals surface area (Å²) in [4.78, 5) is 32.3. The quantitative estimate of drug-likeness (QED) is 0.555. The van der Waals surface area contributed by atoms with Crippen LogP contribution in [0.1, 0.15) is 0 Å². The third-order valence-electron chi connectivity index (χ3n) is 3.57. The zero-order valence-electron chi connectivity index (χ0n) is 13.7. The Bertz CT molecular complexity index is 550. The molecule has 2 saturated heterocycles. The van der Waals surface area contributed by atoms with Crippen LogP contribution in [0.2, 0.25) is 0 Å². The van der Waals surface area contributed by atoms with Gasteiger partial charge in [-0.3, -0.25) is 9.59 Å². The summed E-state index contributed by atoms with van der Waals surface area (Å²) in [6, 6.07) is 0. The Kier molecular flexibility index (Phi) is 7.83. The van der Waals surface area contributed by atoms with Crippen LogP contribution in [-0.4, -0.2) is 85.6 Å². The van der Waals surface area contributed by atoms with Gasteiger partial charge in [0.15, 0.2) is 0 Å². The second-order valence-electron chi connectivity index (χ2n) is 5.64. The number of alkyl halides is 6. The van der Waals surface area contributed by atoms with E-state index in [0.29, 0.717) is 18.0 Å². The molecule has 0 aromatic rings. The first kappa shape index (κ1) is 23.0. The maximum Gasteiger partial charge on any atom is 0.490 e. The fourth-order valence-corrected chi connectivity index (χ4v) is 2.04. The number of carbonyl (C=O) groups excluding carboxylic acids is 2. The number of ether oxygens (including phenoxy) is 1. The van der Waals surface area contributed by atoms with Crippen molar-refractivity contribution in [3.05, 3.63) is 0 Å². The van der Waals surface area contributed by atoms with Crippen LogP contribution in [0, 0.1) is 5.92 Å². The zero-order chi connectivity index (χ0) is 20.8. The first-order valence-electron chi connectivity index (χ1n) is 7.58. The van der Waals surface area contributed by atoms with E-state index in [1.165, 1.54) is 0 Å². The molecule has 1 unspecified atom stereocenters. The van der Waals surface area contributed by atoms with Crippen molar-refractivity contribution >= 4 is 17.8 Å². The van der Waals surface area contributed by atoms with Crippen LogP contribution < -0.4 is 10.6 Å². The second-order valence-corrected chi connectivity index (χ2v) is 5.64. The topological polar surface area (TPSA) is 108 Å². The molecule has 0 aromatic heterocycles. The van der Waals surface area contributed by atoms with Crippen LogP contribution >= 0.6 is 0 Å². The molecule has 0 aromatic carbocycles. The van der Waals surface area contributed by atoms with Gasteiger partial charge in [-0.05, 0) is 0 Å². The highest BCUT2D eigenvalue weighted by Gasteiger charge is 2.44. The lowest BCUT2D eigenvalue weighted by Gasteiger charge is -2.34. The Balaban J connectivity index is 0.000000445. The van der Waals surface area contributed by atoms with E-state index in [9.17, 15) is 35.9 Å². The molecule has 2 fully saturated rings. The predicted octanol–water partition coefficient (Wildman–Crippen LogP) is -0.255. The lowest BCUT2D eigenvalue weighted by molar-refractivity contribution is -0.192. The van der Waals surface area contributed by atoms with Crippen molar-refractivity contribution < 1.29 is 50.6 Å². The van der Waals surface area contributed by atoms with E-state index in [4.69, 9.17) is 14.6 Å². The van der Waals surface area contributed by atoms with E-state index < -0.39 is 30.3 Å². The van der Waals surface area contributed by atoms with Gasteiger partial charge in [0.25, 0.3) is 0 Å². The summed E-state index contributed by atoms with van der Waals surface area (Å²) in [6.45, 7) is 1.10. The Morgan fingerprint density at radius 2 is 1.67 bits per heavy atom. The molecule has 2 aliphatic heterocycles. The summed E-state index contributed by atoms with van der Waals surface area (Å²) in [5.74, 6) is -4.86. The van der Waals surface area contributed by atoms with Crippen LogP contribution in [0.5, 0.6) is 0 Å². The van der Waals surface area contributed by atoms with Gasteiger partial charge in [-0.15, -0.1) is 0 Å². The van der Waals surface area contributed by atoms with Crippen molar-refractivity contribution in [3.63, 3.8) is 0 Å². The standard InChI is InChI=1S/C11H16F3N3O3.C2HF3O2/c12-11(13,14)10(19)17-1-2-20-8(6-17)5-16-9(18)7-3-15-4-7;3-2(4,5)1(6)7/h7-8,15H,1-6H2,(H,16,18);(H,6,7). The Hall–Kier alpha value is -2.09. The van der Waals surface area contributed by atoms with Gasteiger partial charge in [0.05, 0.1) is 18.6 Å². The van der Waals surface area contributed by atoms with Crippen molar-refractivity contribution in [2.75, 3.05) is 39.3 Å². The van der Waals surface area contributed by atoms with Crippen molar-refractivity contribution in [1.82, 2.24) is 15.5 Å². The van der Waals surface area contributed by atoms with Crippen LogP contribution in [0.25, 0.3) is 0 Å². The summed E-state index contributed by atoms with van der Waals surface area (Å²) >= 11 is 0. The largest absolute Gasteiger partial charge is 0.490 e. The molecule has 0 aliphatic carbocycles. The summed E-state index contributed by atoms with van der Waals surface area (Å²) in [7, 11) is 0. The fraction of sp³-hybridized carbons (Fsp3) is 0.769. The van der Waals surface area contributed by atoms with Crippen LogP contribution in [0.3, 0.4) is 0 Å². The Morgan fingerprint density at radius 1 is 1.11 bits per heavy atom. The van der Waals surface area contributed by atoms with Crippen molar-refractivity contribution in [1.29, 1.82) is 0 Å². The van der Waals surface area contributed by atoms with E-state index >= 15 is 0 Å². The number of hydrogen-bond donors (Lipinski definition) is 3. The molecule has 0 spiro atoms. The van der Waals surface area contributed by atoms with Gasteiger partial charge in [-0.25, -0.2) is 4.79 Å². The first-order valence-corrected chi connectivity index (χ1v) is 7.58. The number of amides is 2. The third-order valence-corrected chi connectivity index (χ3v) is 3.57. The lowest BCUT2D eigenvalue weighted by Crippen LogP contribution is -2.55. The molecular weight excluding hydrogens is 392 g/mol. The molecule has 14 heteroatoms. The number of rotatable bonds is 3. The highest BCUT2D eigenvalue weighted by Crippen LogP contribution is 2.20. The van der Waals surface area contributed by atoms with E-state index in [-0.39, 0.29) is 38.1 Å². The first-order chi connectivity index (χ1) is 12.3. The predicted molar refractivity (Wildman–Crippen MR) is 75.4 cm³/mol. The number of carbonyl (C=O) groups is 3. The normalized spacial score (nSPS) is 20.8. The molecule has 2 aliphatic rings. The van der Waals surface area contributed by atoms with Gasteiger partial charge >= 0.3 is 24.2 Å². The molecule has 2 rings (SSSR count). The average molecular weight is 409 g/mol. The minimum atomic E-state index is -5.08. The number of aliphatic carboxylic acids is 1. The molecular formula is C13H17F6N3O5. The molecule has 8 nitrogen and oxygen atoms in total. The maximum absolute atomic E-state index is 12.3. The highest BCUT2D eigenvalue weighted by molar-refractivity contribution is 5.82. The zero-order valence-corrected chi connectivity index (χ0v) is 13.7. The lowest BCUT2D eigenvalue weighted by atomic mass is 10.0. The van der Waals surface area contributed by atoms with E-state index in [0.717, 1.165) is 0 Å². The Morgan fingerprint density at radius 3 is 2.07 bits per heavy atom. The van der Waals surface area contributed by atoms with E-state index in [2.05, 4.69) is 10.6 Å². The van der Waals surface area contributed by atoms with Crippen LogP contribution in [0.15, 0.2) is 0 Å². The Labute approximate surface area is 148 Å². The van der Waals surface area contributed by atoms with Gasteiger partial charge in [0.1, 0.15) is 0 Å². The SMILES string of the molecule is O=C(NCC1CN(C(=O)C(F)(F)F)CCO1)C1CNC1.O=C(O)C(F)(F)F. The summed E-state index contributed by atoms with van der Waals surface area (Å²) in [6.07, 6.45) is -10.6. The number of carboxylic acid groups (broad SMARTS) is 1. The number of nitrogens with zero attached hydrogens (tertiary/aromatic N) is 1. The van der Waals surface area contributed by atoms with Crippen LogP contribution in [0.4, 0.5) is 26.3 Å². The second kappa shape index (κ2) is 9.21. The van der Waals surface area contributed by atoms with Crippen LogP contribution in [-0.2, 0) is 19.1 Å². The molecule has 0 bridgehead atoms. The molecule has 1 atom stereocenters. The van der Waals surface area contributed by atoms with Crippen molar-refractivity contribution in [3.8, 4) is 0 Å². The molecule has 0 saturated carbocycles. The molecule has 156 valence electrons. The van der Waals surface area contributed by atoms with Gasteiger partial charge in [0.2, 0.25) is 5.91 Å². The van der Waals surface area contributed by atoms with E-state index in [1.54, 1.807) is 0 Å². The van der Waals surface area contributed by atoms with Gasteiger partial charge in [0, 0.05) is 32.7 Å². The summed E-state index contributed by atoms with van der Waals surface area (Å²) in [5, 5.41) is 12.7. The van der Waals surface area contributed by atoms with Gasteiger partial charge in [-0.2, -0.15) is 26.3 Å². The summed E-state index contributed by atoms with van der Waals surface area (Å²) in [5.41, 5.74) is 0. The van der Waals surface area contributed by atoms with E-state index in [1.807, 2.05) is 0 Å². The van der Waals surface area contributed by atoms with Crippen molar-refractivity contribution in [2.24, 2.45) is 5.92 Å². The van der Waals surface area contributed by atoms with Crippen molar-refractivity contribution in [2.45, 2.75) is 18.5 Å². The number of morpholine rings is 1. The molecule has 2 heterocycles. The highest BCUT2D eigenvalue weighted by atomic mass is 19.4. The fourth-order valence-electron chi connectivity index (χ4n) is 2.04. The summed E-state index contributed by atoms with van der Waals surface area (Å²) < 4.78 is 74.0. The number of hydrogen-bond acceptors (Lipinski definition) is 5. The molecule has 2 amide bonds. The maximum atomic E-state index is 12.3. The molecule has 0 radical (unpaired) electrons. The molecule has 3 N–H and O–H groups in total. The average Bonchev–Trinajstić information content (AvgIpc) is 2.49. The molecule has 27 heavy (non-hydrogen) atoms. The van der Waals surface area contributed by atoms with Gasteiger partial charge in [-0.1, -0.05) is 0 Å². The third kappa shape index (κ3) is 7.58. The monoisotopic (exact) mass is 409 g/mol.